The van der Waals surface area contributed by atoms with Gasteiger partial charge in [-0.3, -0.25) is 14.5 Å². The van der Waals surface area contributed by atoms with Gasteiger partial charge >= 0.3 is 0 Å². The predicted octanol–water partition coefficient (Wildman–Crippen LogP) is 2.54. The highest BCUT2D eigenvalue weighted by molar-refractivity contribution is 5.98. The Morgan fingerprint density at radius 1 is 1.07 bits per heavy atom. The molecule has 0 radical (unpaired) electrons. The van der Waals surface area contributed by atoms with Gasteiger partial charge in [0.25, 0.3) is 0 Å². The Kier molecular flexibility index (Phi) is 5.28. The van der Waals surface area contributed by atoms with Crippen LogP contribution in [0.2, 0.25) is 0 Å². The van der Waals surface area contributed by atoms with Gasteiger partial charge in [-0.05, 0) is 36.2 Å². The second-order valence-electron chi connectivity index (χ2n) is 7.95. The van der Waals surface area contributed by atoms with Crippen molar-refractivity contribution in [2.45, 2.75) is 25.4 Å². The van der Waals surface area contributed by atoms with Crippen molar-refractivity contribution in [1.82, 2.24) is 9.80 Å². The van der Waals surface area contributed by atoms with Crippen molar-refractivity contribution in [2.24, 2.45) is 0 Å². The van der Waals surface area contributed by atoms with Crippen LogP contribution in [0.1, 0.15) is 18.9 Å². The maximum absolute atomic E-state index is 12.8. The molecule has 2 fully saturated rings. The minimum atomic E-state index is -0.345. The highest BCUT2D eigenvalue weighted by atomic mass is 16.5. The first kappa shape index (κ1) is 19.5. The summed E-state index contributed by atoms with van der Waals surface area (Å²) in [4.78, 5) is 31.2. The summed E-state index contributed by atoms with van der Waals surface area (Å²) in [6, 6.07) is 17.8. The molecule has 2 saturated heterocycles. The van der Waals surface area contributed by atoms with Crippen LogP contribution in [0.15, 0.2) is 54.6 Å². The molecule has 2 aromatic rings. The molecule has 2 aromatic carbocycles. The number of nitrogens with zero attached hydrogens (tertiary/aromatic N) is 3. The molecule has 1 atom stereocenters. The first-order valence-electron chi connectivity index (χ1n) is 10.00. The van der Waals surface area contributed by atoms with Crippen LogP contribution in [-0.4, -0.2) is 60.4 Å². The van der Waals surface area contributed by atoms with E-state index in [4.69, 9.17) is 4.74 Å². The summed E-state index contributed by atoms with van der Waals surface area (Å²) in [5.74, 6) is 0.793. The van der Waals surface area contributed by atoms with Crippen LogP contribution in [0.25, 0.3) is 0 Å². The van der Waals surface area contributed by atoms with Gasteiger partial charge in [0.05, 0.1) is 19.2 Å². The third-order valence-electron chi connectivity index (χ3n) is 6.04. The highest BCUT2D eigenvalue weighted by Crippen LogP contribution is 2.35. The molecule has 0 bridgehead atoms. The molecule has 1 unspecified atom stereocenters. The number of likely N-dealkylation sites (tertiary alicyclic amines) is 1. The summed E-state index contributed by atoms with van der Waals surface area (Å²) < 4.78 is 5.24. The lowest BCUT2D eigenvalue weighted by molar-refractivity contribution is -0.142. The van der Waals surface area contributed by atoms with Crippen molar-refractivity contribution in [3.8, 4) is 5.75 Å². The smallest absolute Gasteiger partial charge is 0.246 e. The van der Waals surface area contributed by atoms with Gasteiger partial charge in [-0.15, -0.1) is 0 Å². The molecule has 0 saturated carbocycles. The van der Waals surface area contributed by atoms with Crippen LogP contribution in [0.4, 0.5) is 5.69 Å². The van der Waals surface area contributed by atoms with E-state index in [2.05, 4.69) is 17.0 Å². The van der Waals surface area contributed by atoms with Crippen LogP contribution >= 0.6 is 0 Å². The van der Waals surface area contributed by atoms with Crippen molar-refractivity contribution >= 4 is 17.5 Å². The Labute approximate surface area is 171 Å². The first-order valence-corrected chi connectivity index (χ1v) is 10.00. The molecule has 2 amide bonds. The third-order valence-corrected chi connectivity index (χ3v) is 6.04. The minimum absolute atomic E-state index is 0.0226. The number of carbonyl (C=O) groups is 2. The summed E-state index contributed by atoms with van der Waals surface area (Å²) >= 11 is 0. The molecule has 0 N–H and O–H groups in total. The molecule has 0 aromatic heterocycles. The lowest BCUT2D eigenvalue weighted by atomic mass is 9.91. The molecule has 0 aliphatic carbocycles. The van der Waals surface area contributed by atoms with Crippen molar-refractivity contribution < 1.29 is 14.3 Å². The van der Waals surface area contributed by atoms with E-state index in [9.17, 15) is 9.59 Å². The fraction of sp³-hybridized carbons (Fsp3) is 0.391. The fourth-order valence-corrected chi connectivity index (χ4v) is 4.56. The predicted molar refractivity (Wildman–Crippen MR) is 112 cm³/mol. The van der Waals surface area contributed by atoms with Gasteiger partial charge in [0.2, 0.25) is 11.8 Å². The van der Waals surface area contributed by atoms with Gasteiger partial charge in [-0.2, -0.15) is 0 Å². The van der Waals surface area contributed by atoms with Gasteiger partial charge < -0.3 is 14.5 Å². The summed E-state index contributed by atoms with van der Waals surface area (Å²) in [5.41, 5.74) is 1.76. The van der Waals surface area contributed by atoms with Crippen LogP contribution in [-0.2, 0) is 16.1 Å². The van der Waals surface area contributed by atoms with Crippen LogP contribution in [0, 0.1) is 0 Å². The average molecular weight is 393 g/mol. The van der Waals surface area contributed by atoms with Crippen LogP contribution in [0.3, 0.4) is 0 Å². The molecule has 1 spiro atoms. The lowest BCUT2D eigenvalue weighted by Gasteiger charge is -2.48. The van der Waals surface area contributed by atoms with E-state index in [1.165, 1.54) is 5.56 Å². The van der Waals surface area contributed by atoms with Crippen LogP contribution in [0.5, 0.6) is 5.75 Å². The van der Waals surface area contributed by atoms with Gasteiger partial charge in [0.1, 0.15) is 12.3 Å². The molecule has 2 heterocycles. The summed E-state index contributed by atoms with van der Waals surface area (Å²) in [5, 5.41) is 0. The lowest BCUT2D eigenvalue weighted by Crippen LogP contribution is -2.66. The number of methoxy groups -OCH3 is 1. The summed E-state index contributed by atoms with van der Waals surface area (Å²) in [6.45, 7) is 4.72. The van der Waals surface area contributed by atoms with E-state index in [0.29, 0.717) is 6.54 Å². The van der Waals surface area contributed by atoms with E-state index in [-0.39, 0.29) is 23.9 Å². The van der Waals surface area contributed by atoms with Gasteiger partial charge in [0, 0.05) is 32.2 Å². The summed E-state index contributed by atoms with van der Waals surface area (Å²) in [6.07, 6.45) is 0.860. The van der Waals surface area contributed by atoms with E-state index in [1.54, 1.807) is 18.9 Å². The fourth-order valence-electron chi connectivity index (χ4n) is 4.56. The number of carbonyl (C=O) groups excluding carboxylic acids is 2. The Morgan fingerprint density at radius 3 is 2.45 bits per heavy atom. The number of ether oxygens (including phenoxy) is 1. The maximum atomic E-state index is 12.8. The number of piperazine rings is 1. The molecular formula is C23H27N3O3. The van der Waals surface area contributed by atoms with Crippen molar-refractivity contribution in [1.29, 1.82) is 0 Å². The Balaban J connectivity index is 1.54. The second kappa shape index (κ2) is 7.87. The number of hydrogen-bond acceptors (Lipinski definition) is 4. The molecule has 4 rings (SSSR count). The topological polar surface area (TPSA) is 53.1 Å². The molecular weight excluding hydrogens is 366 g/mol. The number of amides is 2. The Hall–Kier alpha value is -2.86. The number of anilines is 1. The quantitative estimate of drug-likeness (QED) is 0.801. The van der Waals surface area contributed by atoms with Gasteiger partial charge in [-0.1, -0.05) is 30.3 Å². The highest BCUT2D eigenvalue weighted by Gasteiger charge is 2.50. The van der Waals surface area contributed by atoms with Crippen LogP contribution < -0.4 is 9.64 Å². The molecule has 6 nitrogen and oxygen atoms in total. The Morgan fingerprint density at radius 2 is 1.79 bits per heavy atom. The van der Waals surface area contributed by atoms with E-state index in [1.807, 2.05) is 47.4 Å². The maximum Gasteiger partial charge on any atom is 0.246 e. The Bertz CT molecular complexity index is 884. The molecule has 2 aliphatic heterocycles. The molecule has 6 heteroatoms. The number of rotatable bonds is 4. The van der Waals surface area contributed by atoms with Crippen molar-refractivity contribution in [2.75, 3.05) is 38.2 Å². The molecule has 152 valence electrons. The normalized spacial score (nSPS) is 22.3. The standard InChI is InChI=1S/C23H27N3O3/c1-18(27)26-15-22(28)25(20-6-4-3-5-7-20)17-23(26)12-13-24(16-23)14-19-8-10-21(29-2)11-9-19/h3-11H,12-17H2,1-2H3. The minimum Gasteiger partial charge on any atom is -0.497 e. The van der Waals surface area contributed by atoms with Crippen molar-refractivity contribution in [3.05, 3.63) is 60.2 Å². The molecule has 2 aliphatic rings. The SMILES string of the molecule is COc1ccc(CN2CCC3(C2)CN(c2ccccc2)C(=O)CN3C(C)=O)cc1. The largest absolute Gasteiger partial charge is 0.497 e. The zero-order chi connectivity index (χ0) is 20.4. The zero-order valence-corrected chi connectivity index (χ0v) is 17.0. The van der Waals surface area contributed by atoms with E-state index in [0.717, 1.165) is 37.5 Å². The number of para-hydroxylation sites is 1. The van der Waals surface area contributed by atoms with Gasteiger partial charge in [0.15, 0.2) is 0 Å². The van der Waals surface area contributed by atoms with Crippen molar-refractivity contribution in [3.63, 3.8) is 0 Å². The molecule has 29 heavy (non-hydrogen) atoms. The van der Waals surface area contributed by atoms with E-state index >= 15 is 0 Å². The van der Waals surface area contributed by atoms with E-state index < -0.39 is 0 Å². The number of benzene rings is 2. The number of hydrogen-bond donors (Lipinski definition) is 0. The second-order valence-corrected chi connectivity index (χ2v) is 7.95. The zero-order valence-electron chi connectivity index (χ0n) is 17.0. The monoisotopic (exact) mass is 393 g/mol. The first-order chi connectivity index (χ1) is 14.0. The van der Waals surface area contributed by atoms with Gasteiger partial charge in [-0.25, -0.2) is 0 Å². The third kappa shape index (κ3) is 3.85. The summed E-state index contributed by atoms with van der Waals surface area (Å²) in [7, 11) is 1.67. The average Bonchev–Trinajstić information content (AvgIpc) is 3.13.